The molecule has 0 saturated heterocycles. The molecule has 1 N–H and O–H groups in total. The van der Waals surface area contributed by atoms with Crippen molar-refractivity contribution in [1.29, 1.82) is 0 Å². The van der Waals surface area contributed by atoms with E-state index in [1.54, 1.807) is 32.0 Å². The van der Waals surface area contributed by atoms with Crippen LogP contribution < -0.4 is 0 Å². The highest BCUT2D eigenvalue weighted by atomic mass is 31.2. The summed E-state index contributed by atoms with van der Waals surface area (Å²) in [5.41, 5.74) is 0.757. The van der Waals surface area contributed by atoms with Crippen molar-refractivity contribution in [1.82, 2.24) is 0 Å². The summed E-state index contributed by atoms with van der Waals surface area (Å²) in [6.07, 6.45) is 0.760. The van der Waals surface area contributed by atoms with Gasteiger partial charge in [-0.25, -0.2) is 0 Å². The van der Waals surface area contributed by atoms with Crippen LogP contribution in [0.25, 0.3) is 0 Å². The van der Waals surface area contributed by atoms with E-state index in [1.165, 1.54) is 0 Å². The number of aromatic hydroxyl groups is 1. The van der Waals surface area contributed by atoms with Crippen molar-refractivity contribution in [2.75, 3.05) is 19.4 Å². The molecule has 1 rings (SSSR count). The molecule has 0 aliphatic heterocycles. The number of aryl methyl sites for hydroxylation is 1. The first-order valence-electron chi connectivity index (χ1n) is 5.76. The Morgan fingerprint density at radius 2 is 1.76 bits per heavy atom. The molecule has 4 nitrogen and oxygen atoms in total. The largest absolute Gasteiger partial charge is 0.508 e. The van der Waals surface area contributed by atoms with Crippen LogP contribution in [0.2, 0.25) is 0 Å². The Balaban J connectivity index is 2.64. The van der Waals surface area contributed by atoms with Crippen molar-refractivity contribution < 1.29 is 18.7 Å². The van der Waals surface area contributed by atoms with E-state index < -0.39 is 7.60 Å². The molecule has 0 aliphatic carbocycles. The molecule has 17 heavy (non-hydrogen) atoms. The molecule has 1 aromatic rings. The van der Waals surface area contributed by atoms with Crippen LogP contribution in [0.3, 0.4) is 0 Å². The van der Waals surface area contributed by atoms with E-state index in [0.29, 0.717) is 19.6 Å². The van der Waals surface area contributed by atoms with Gasteiger partial charge in [0.1, 0.15) is 5.75 Å². The molecule has 0 unspecified atom stereocenters. The summed E-state index contributed by atoms with van der Waals surface area (Å²) in [4.78, 5) is 0. The Morgan fingerprint density at radius 1 is 1.18 bits per heavy atom. The molecule has 96 valence electrons. The first-order valence-corrected chi connectivity index (χ1v) is 7.49. The minimum absolute atomic E-state index is 0.215. The van der Waals surface area contributed by atoms with Crippen molar-refractivity contribution in [2.45, 2.75) is 20.3 Å². The number of para-hydroxylation sites is 1. The van der Waals surface area contributed by atoms with Gasteiger partial charge in [-0.3, -0.25) is 4.57 Å². The Bertz CT molecular complexity index is 382. The maximum absolute atomic E-state index is 12.2. The van der Waals surface area contributed by atoms with Crippen molar-refractivity contribution in [3.63, 3.8) is 0 Å². The van der Waals surface area contributed by atoms with Crippen LogP contribution in [0.5, 0.6) is 5.75 Å². The van der Waals surface area contributed by atoms with Crippen LogP contribution in [0.1, 0.15) is 19.4 Å². The highest BCUT2D eigenvalue weighted by Crippen LogP contribution is 2.48. The average molecular weight is 258 g/mol. The first-order chi connectivity index (χ1) is 8.11. The number of hydrogen-bond donors (Lipinski definition) is 1. The molecule has 0 amide bonds. The van der Waals surface area contributed by atoms with Gasteiger partial charge < -0.3 is 14.2 Å². The third-order valence-corrected chi connectivity index (χ3v) is 4.37. The Morgan fingerprint density at radius 3 is 2.29 bits per heavy atom. The van der Waals surface area contributed by atoms with Crippen LogP contribution in [0, 0.1) is 0 Å². The number of phenols is 1. The molecule has 0 radical (unpaired) electrons. The zero-order chi connectivity index (χ0) is 12.7. The summed E-state index contributed by atoms with van der Waals surface area (Å²) in [5.74, 6) is 0.215. The van der Waals surface area contributed by atoms with Crippen LogP contribution in [-0.4, -0.2) is 24.5 Å². The van der Waals surface area contributed by atoms with Gasteiger partial charge in [0.05, 0.1) is 19.4 Å². The second kappa shape index (κ2) is 6.80. The quantitative estimate of drug-likeness (QED) is 0.763. The fourth-order valence-corrected chi connectivity index (χ4v) is 3.17. The Kier molecular flexibility index (Phi) is 5.69. The van der Waals surface area contributed by atoms with Gasteiger partial charge in [-0.1, -0.05) is 18.2 Å². The fourth-order valence-electron chi connectivity index (χ4n) is 1.54. The second-order valence-corrected chi connectivity index (χ2v) is 5.73. The molecule has 1 aromatic carbocycles. The fraction of sp³-hybridized carbons (Fsp3) is 0.500. The van der Waals surface area contributed by atoms with Crippen LogP contribution in [0.15, 0.2) is 24.3 Å². The van der Waals surface area contributed by atoms with E-state index in [4.69, 9.17) is 9.05 Å². The average Bonchev–Trinajstić information content (AvgIpc) is 2.29. The topological polar surface area (TPSA) is 55.8 Å². The third-order valence-electron chi connectivity index (χ3n) is 2.30. The minimum Gasteiger partial charge on any atom is -0.508 e. The number of phenolic OH excluding ortho intramolecular Hbond substituents is 1. The highest BCUT2D eigenvalue weighted by molar-refractivity contribution is 7.53. The Labute approximate surface area is 102 Å². The zero-order valence-corrected chi connectivity index (χ0v) is 11.2. The van der Waals surface area contributed by atoms with Crippen LogP contribution >= 0.6 is 7.60 Å². The van der Waals surface area contributed by atoms with Gasteiger partial charge in [0.15, 0.2) is 0 Å². The normalized spacial score (nSPS) is 11.6. The summed E-state index contributed by atoms with van der Waals surface area (Å²) < 4.78 is 22.5. The third kappa shape index (κ3) is 4.50. The van der Waals surface area contributed by atoms with Gasteiger partial charge in [-0.2, -0.15) is 0 Å². The molecular weight excluding hydrogens is 239 g/mol. The van der Waals surface area contributed by atoms with Gasteiger partial charge in [0, 0.05) is 0 Å². The first kappa shape index (κ1) is 14.2. The lowest BCUT2D eigenvalue weighted by Gasteiger charge is -2.16. The van der Waals surface area contributed by atoms with E-state index in [-0.39, 0.29) is 11.9 Å². The van der Waals surface area contributed by atoms with Gasteiger partial charge in [0.2, 0.25) is 0 Å². The maximum Gasteiger partial charge on any atom is 0.330 e. The molecule has 0 saturated carbocycles. The van der Waals surface area contributed by atoms with Crippen LogP contribution in [0.4, 0.5) is 0 Å². The molecule has 0 bridgehead atoms. The van der Waals surface area contributed by atoms with Gasteiger partial charge in [-0.05, 0) is 31.9 Å². The predicted octanol–water partition coefficient (Wildman–Crippen LogP) is 3.20. The monoisotopic (exact) mass is 258 g/mol. The molecule has 0 spiro atoms. The van der Waals surface area contributed by atoms with Crippen molar-refractivity contribution in [3.05, 3.63) is 29.8 Å². The predicted molar refractivity (Wildman–Crippen MR) is 67.5 cm³/mol. The van der Waals surface area contributed by atoms with E-state index in [0.717, 1.165) is 5.56 Å². The van der Waals surface area contributed by atoms with Crippen molar-refractivity contribution >= 4 is 7.60 Å². The lowest BCUT2D eigenvalue weighted by atomic mass is 10.1. The number of rotatable bonds is 7. The number of hydrogen-bond acceptors (Lipinski definition) is 4. The molecule has 0 fully saturated rings. The second-order valence-electron chi connectivity index (χ2n) is 3.55. The van der Waals surface area contributed by atoms with Crippen molar-refractivity contribution in [3.8, 4) is 5.75 Å². The Hall–Kier alpha value is -0.830. The molecule has 0 atom stereocenters. The molecule has 5 heteroatoms. The molecule has 0 aliphatic rings. The minimum atomic E-state index is -3.02. The van der Waals surface area contributed by atoms with E-state index in [9.17, 15) is 9.67 Å². The maximum atomic E-state index is 12.2. The SMILES string of the molecule is CCOP(=O)(CCc1ccccc1O)OCC. The number of benzene rings is 1. The lowest BCUT2D eigenvalue weighted by Crippen LogP contribution is -2.02. The summed E-state index contributed by atoms with van der Waals surface area (Å²) >= 11 is 0. The summed E-state index contributed by atoms with van der Waals surface area (Å²) in [5, 5.41) is 9.60. The van der Waals surface area contributed by atoms with E-state index >= 15 is 0 Å². The van der Waals surface area contributed by atoms with E-state index in [2.05, 4.69) is 0 Å². The molecular formula is C12H19O4P. The standard InChI is InChI=1S/C12H19O4P/c1-3-15-17(14,16-4-2)10-9-11-7-5-6-8-12(11)13/h5-8,13H,3-4,9-10H2,1-2H3. The summed E-state index contributed by atoms with van der Waals surface area (Å²) in [6, 6.07) is 7.00. The van der Waals surface area contributed by atoms with E-state index in [1.807, 2.05) is 6.07 Å². The zero-order valence-electron chi connectivity index (χ0n) is 10.3. The molecule has 0 heterocycles. The summed E-state index contributed by atoms with van der Waals surface area (Å²) in [6.45, 7) is 4.29. The van der Waals surface area contributed by atoms with Gasteiger partial charge in [-0.15, -0.1) is 0 Å². The van der Waals surface area contributed by atoms with Gasteiger partial charge in [0.25, 0.3) is 0 Å². The summed E-state index contributed by atoms with van der Waals surface area (Å²) in [7, 11) is -3.02. The highest BCUT2D eigenvalue weighted by Gasteiger charge is 2.23. The molecule has 0 aromatic heterocycles. The van der Waals surface area contributed by atoms with Crippen molar-refractivity contribution in [2.24, 2.45) is 0 Å². The lowest BCUT2D eigenvalue weighted by molar-refractivity contribution is 0.220. The van der Waals surface area contributed by atoms with Gasteiger partial charge >= 0.3 is 7.60 Å². The smallest absolute Gasteiger partial charge is 0.330 e. The van der Waals surface area contributed by atoms with Crippen LogP contribution in [-0.2, 0) is 20.0 Å².